The van der Waals surface area contributed by atoms with Gasteiger partial charge in [0.15, 0.2) is 35.4 Å². The number of thiocarbonyl (C=S) groups is 2. The van der Waals surface area contributed by atoms with E-state index in [1.807, 2.05) is 0 Å². The molecule has 0 amide bonds. The fourth-order valence-electron chi connectivity index (χ4n) is 9.39. The fourth-order valence-corrected chi connectivity index (χ4v) is 9.76. The van der Waals surface area contributed by atoms with E-state index in [0.717, 1.165) is 0 Å². The number of ether oxygens (including phenoxy) is 8. The van der Waals surface area contributed by atoms with Crippen LogP contribution in [0, 0.1) is 11.8 Å². The smallest absolute Gasteiger partial charge is 0.186 e. The van der Waals surface area contributed by atoms with E-state index in [0.29, 0.717) is 88.0 Å². The van der Waals surface area contributed by atoms with Gasteiger partial charge in [-0.1, -0.05) is 12.8 Å². The molecule has 0 spiro atoms. The Balaban J connectivity index is 0.953. The number of aliphatic hydroxyl groups is 10. The number of hydrogen-bond acceptors (Lipinski definition) is 22. The quantitative estimate of drug-likeness (QED) is 0.0720. The number of nitrogens with zero attached hydrogens (tertiary/aromatic N) is 1. The first-order valence-electron chi connectivity index (χ1n) is 23.0. The lowest BCUT2D eigenvalue weighted by atomic mass is 9.84. The molecule has 12 unspecified atom stereocenters. The van der Waals surface area contributed by atoms with E-state index in [1.54, 1.807) is 0 Å². The van der Waals surface area contributed by atoms with E-state index in [2.05, 4.69) is 26.2 Å². The Kier molecular flexibility index (Phi) is 21.4. The summed E-state index contributed by atoms with van der Waals surface area (Å²) >= 11 is 11.1. The zero-order valence-electron chi connectivity index (χ0n) is 36.9. The van der Waals surface area contributed by atoms with E-state index in [4.69, 9.17) is 68.1 Å². The second-order valence-electron chi connectivity index (χ2n) is 17.6. The van der Waals surface area contributed by atoms with Gasteiger partial charge in [0.25, 0.3) is 0 Å². The molecule has 12 saturated heterocycles. The highest BCUT2D eigenvalue weighted by Crippen LogP contribution is 2.36. The second kappa shape index (κ2) is 26.1. The molecule has 382 valence electrons. The average Bonchev–Trinajstić information content (AvgIpc) is 3.30. The minimum absolute atomic E-state index is 0.136. The molecule has 0 saturated carbocycles. The van der Waals surface area contributed by atoms with Crippen molar-refractivity contribution in [2.45, 2.75) is 149 Å². The summed E-state index contributed by atoms with van der Waals surface area (Å²) < 4.78 is 46.8. The Morgan fingerprint density at radius 3 is 1.27 bits per heavy atom. The predicted molar refractivity (Wildman–Crippen MR) is 236 cm³/mol. The zero-order valence-corrected chi connectivity index (χ0v) is 38.5. The van der Waals surface area contributed by atoms with Gasteiger partial charge in [0.2, 0.25) is 0 Å². The number of hydrogen-bond donors (Lipinski definition) is 15. The zero-order chi connectivity index (χ0) is 47.5. The summed E-state index contributed by atoms with van der Waals surface area (Å²) in [7, 11) is 0. The van der Waals surface area contributed by atoms with Gasteiger partial charge in [0, 0.05) is 77.4 Å². The highest BCUT2D eigenvalue weighted by molar-refractivity contribution is 7.80. The third-order valence-corrected chi connectivity index (χ3v) is 13.7. The van der Waals surface area contributed by atoms with Gasteiger partial charge < -0.3 is 116 Å². The van der Waals surface area contributed by atoms with Gasteiger partial charge in [-0.15, -0.1) is 0 Å². The minimum Gasteiger partial charge on any atom is -0.394 e. The molecular weight excluding hydrogens is 917 g/mol. The van der Waals surface area contributed by atoms with E-state index >= 15 is 0 Å². The van der Waals surface area contributed by atoms with Crippen LogP contribution < -0.4 is 27.0 Å². The molecule has 12 rings (SSSR count). The minimum atomic E-state index is -1.54. The molecular formula is C40H72N6O18S2. The van der Waals surface area contributed by atoms with Crippen LogP contribution >= 0.6 is 24.4 Å². The lowest BCUT2D eigenvalue weighted by Gasteiger charge is -2.47. The molecule has 0 aromatic rings. The monoisotopic (exact) mass is 988 g/mol. The van der Waals surface area contributed by atoms with Crippen molar-refractivity contribution in [1.29, 1.82) is 0 Å². The predicted octanol–water partition coefficient (Wildman–Crippen LogP) is -6.65. The van der Waals surface area contributed by atoms with Gasteiger partial charge in [0.1, 0.15) is 61.0 Å². The normalized spacial score (nSPS) is 42.4. The van der Waals surface area contributed by atoms with Crippen molar-refractivity contribution >= 4 is 34.7 Å². The van der Waals surface area contributed by atoms with Crippen molar-refractivity contribution in [3.63, 3.8) is 0 Å². The second-order valence-corrected chi connectivity index (χ2v) is 18.4. The van der Waals surface area contributed by atoms with E-state index in [9.17, 15) is 51.1 Å². The van der Waals surface area contributed by atoms with Crippen molar-refractivity contribution < 1.29 is 89.0 Å². The molecule has 26 heteroatoms. The number of nitrogens with one attached hydrogen (secondary N) is 4. The summed E-state index contributed by atoms with van der Waals surface area (Å²) in [6.45, 7) is 2.44. The molecule has 0 aromatic carbocycles. The van der Waals surface area contributed by atoms with Crippen LogP contribution in [0.2, 0.25) is 0 Å². The van der Waals surface area contributed by atoms with Crippen LogP contribution in [0.5, 0.6) is 0 Å². The molecule has 12 heterocycles. The first-order chi connectivity index (χ1) is 31.8. The molecule has 12 aliphatic heterocycles. The fraction of sp³-hybridized carbons (Fsp3) is 0.950. The largest absolute Gasteiger partial charge is 0.394 e. The maximum Gasteiger partial charge on any atom is 0.186 e. The summed E-state index contributed by atoms with van der Waals surface area (Å²) in [5, 5.41) is 121. The summed E-state index contributed by atoms with van der Waals surface area (Å²) in [6, 6.07) is 0. The first-order valence-corrected chi connectivity index (χ1v) is 23.9. The van der Waals surface area contributed by atoms with Gasteiger partial charge in [-0.2, -0.15) is 0 Å². The Labute approximate surface area is 394 Å². The molecule has 20 atom stereocenters. The lowest BCUT2D eigenvalue weighted by molar-refractivity contribution is -0.355. The van der Waals surface area contributed by atoms with E-state index in [1.165, 1.54) is 0 Å². The number of nitrogens with two attached hydrogens (primary N) is 1. The Bertz CT molecular complexity index is 1390. The Morgan fingerprint density at radius 1 is 0.485 bits per heavy atom. The van der Waals surface area contributed by atoms with Crippen molar-refractivity contribution in [2.75, 3.05) is 78.8 Å². The average molecular weight is 989 g/mol. The van der Waals surface area contributed by atoms with Crippen LogP contribution in [-0.2, 0) is 37.9 Å². The van der Waals surface area contributed by atoms with Crippen LogP contribution in [0.25, 0.3) is 0 Å². The molecule has 0 radical (unpaired) electrons. The van der Waals surface area contributed by atoms with Gasteiger partial charge in [-0.25, -0.2) is 0 Å². The maximum absolute atomic E-state index is 11.2. The molecule has 66 heavy (non-hydrogen) atoms. The van der Waals surface area contributed by atoms with Gasteiger partial charge in [0.05, 0.1) is 37.6 Å². The van der Waals surface area contributed by atoms with Crippen LogP contribution in [0.3, 0.4) is 0 Å². The van der Waals surface area contributed by atoms with Gasteiger partial charge in [-0.3, -0.25) is 4.90 Å². The maximum atomic E-state index is 11.2. The standard InChI is InChI=1S/C40H72N6O18S2/c41-7-10-46(11-8-42-39(65)44-15-21-19-5-1-3-13-57-35-31(55)27(51)33(23(17-47)61-35)63-37(59-21)29(53)25(19)49)12-9-43-40(66)45-16-22-20-6-2-4-14-58-36-32(56)28(52)34(24(18-48)62-36)64-38(60-22)30(54)26(20)50/h19-38,47-56H,1-18,41H2,(H2,42,44,65)(H2,43,45,66)/t19?,20?,21?,22?,23?,24?,25-,26-,27+,28+,29?,30?,31?,32?,33?,34?,35+,36+,37-,38-/m1/s1. The number of aliphatic hydroxyl groups excluding tert-OH is 10. The van der Waals surface area contributed by atoms with Gasteiger partial charge >= 0.3 is 0 Å². The Morgan fingerprint density at radius 2 is 0.879 bits per heavy atom. The van der Waals surface area contributed by atoms with Crippen molar-refractivity contribution in [3.8, 4) is 0 Å². The van der Waals surface area contributed by atoms with Crippen LogP contribution in [0.1, 0.15) is 38.5 Å². The van der Waals surface area contributed by atoms with Crippen molar-refractivity contribution in [3.05, 3.63) is 0 Å². The Hall–Kier alpha value is -1.42. The molecule has 24 nitrogen and oxygen atoms in total. The van der Waals surface area contributed by atoms with Crippen LogP contribution in [0.15, 0.2) is 0 Å². The molecule has 12 fully saturated rings. The summed E-state index contributed by atoms with van der Waals surface area (Å²) in [5.41, 5.74) is 5.92. The molecule has 0 aliphatic carbocycles. The van der Waals surface area contributed by atoms with Crippen LogP contribution in [-0.4, -0.2) is 256 Å². The topological polar surface area (TPSA) is 354 Å². The molecule has 16 N–H and O–H groups in total. The molecule has 8 bridgehead atoms. The number of rotatable bonds is 14. The van der Waals surface area contributed by atoms with E-state index in [-0.39, 0.29) is 26.3 Å². The molecule has 12 aliphatic rings. The first kappa shape index (κ1) is 53.9. The molecule has 0 aromatic heterocycles. The van der Waals surface area contributed by atoms with Gasteiger partial charge in [-0.05, 0) is 50.1 Å². The summed E-state index contributed by atoms with van der Waals surface area (Å²) in [5.74, 6) is -1.02. The van der Waals surface area contributed by atoms with E-state index < -0.39 is 136 Å². The summed E-state index contributed by atoms with van der Waals surface area (Å²) in [6.07, 6.45) is -19.8. The van der Waals surface area contributed by atoms with Crippen LogP contribution in [0.4, 0.5) is 0 Å². The van der Waals surface area contributed by atoms with Crippen molar-refractivity contribution in [2.24, 2.45) is 17.6 Å². The lowest BCUT2D eigenvalue weighted by Crippen LogP contribution is -2.64. The third-order valence-electron chi connectivity index (χ3n) is 13.2. The highest BCUT2D eigenvalue weighted by atomic mass is 32.1. The SMILES string of the molecule is NCCN(CCNC(=S)NCC1O[C@@H]2OC3C(CO)O[C@H](OCCCCC1[C@@H](O)C2O)C(O)[C@@H]3O)CCNC(=S)NCC1O[C@@H]2OC3C(CO)O[C@H](OCCCCC1[C@@H](O)C2O)C(O)[C@@H]3O. The van der Waals surface area contributed by atoms with Crippen molar-refractivity contribution in [1.82, 2.24) is 26.2 Å². The highest BCUT2D eigenvalue weighted by Gasteiger charge is 2.53. The summed E-state index contributed by atoms with van der Waals surface area (Å²) in [4.78, 5) is 2.10. The third kappa shape index (κ3) is 13.7.